The molecule has 3 aromatic rings. The van der Waals surface area contributed by atoms with Crippen LogP contribution in [0.4, 0.5) is 5.82 Å². The monoisotopic (exact) mass is 316 g/mol. The molecule has 2 heterocycles. The van der Waals surface area contributed by atoms with Crippen LogP contribution in [0.5, 0.6) is 0 Å². The first-order valence-electron chi connectivity index (χ1n) is 6.35. The number of hydrogen-bond donors (Lipinski definition) is 2. The van der Waals surface area contributed by atoms with E-state index in [1.165, 1.54) is 11.3 Å². The zero-order valence-corrected chi connectivity index (χ0v) is 12.9. The van der Waals surface area contributed by atoms with Crippen LogP contribution in [0.3, 0.4) is 0 Å². The highest BCUT2D eigenvalue weighted by atomic mass is 35.5. The summed E-state index contributed by atoms with van der Waals surface area (Å²) in [5.41, 5.74) is 5.44. The molecule has 0 fully saturated rings. The summed E-state index contributed by atoms with van der Waals surface area (Å²) in [5, 5.41) is 0. The fourth-order valence-electron chi connectivity index (χ4n) is 2.08. The Labute approximate surface area is 131 Å². The van der Waals surface area contributed by atoms with Gasteiger partial charge in [0.15, 0.2) is 5.82 Å². The van der Waals surface area contributed by atoms with Crippen LogP contribution in [0.2, 0.25) is 4.34 Å². The van der Waals surface area contributed by atoms with Crippen LogP contribution in [-0.2, 0) is 0 Å². The minimum atomic E-state index is 0.614. The Morgan fingerprint density at radius 3 is 2.48 bits per heavy atom. The Morgan fingerprint density at radius 2 is 1.86 bits per heavy atom. The second kappa shape index (κ2) is 5.81. The molecule has 106 valence electrons. The summed E-state index contributed by atoms with van der Waals surface area (Å²) in [6.45, 7) is 1.95. The number of anilines is 1. The molecular formula is C15H13ClN4S. The van der Waals surface area contributed by atoms with E-state index in [9.17, 15) is 0 Å². The number of hydrogen-bond acceptors (Lipinski definition) is 5. The number of nitrogens with two attached hydrogens (primary N) is 1. The average Bonchev–Trinajstić information content (AvgIpc) is 2.95. The van der Waals surface area contributed by atoms with Crippen molar-refractivity contribution in [3.05, 3.63) is 52.4 Å². The molecule has 0 saturated carbocycles. The van der Waals surface area contributed by atoms with Gasteiger partial charge in [-0.3, -0.25) is 0 Å². The molecule has 0 aliphatic rings. The SMILES string of the molecule is Cc1c(NN)nc(-c2ccc(Cl)s2)nc1-c1ccccc1. The largest absolute Gasteiger partial charge is 0.308 e. The number of rotatable bonds is 3. The van der Waals surface area contributed by atoms with Gasteiger partial charge in [-0.15, -0.1) is 11.3 Å². The van der Waals surface area contributed by atoms with Crippen LogP contribution in [0.25, 0.3) is 22.0 Å². The van der Waals surface area contributed by atoms with E-state index in [1.807, 2.05) is 49.4 Å². The van der Waals surface area contributed by atoms with Gasteiger partial charge in [0.25, 0.3) is 0 Å². The summed E-state index contributed by atoms with van der Waals surface area (Å²) in [6.07, 6.45) is 0. The highest BCUT2D eigenvalue weighted by Crippen LogP contribution is 2.33. The van der Waals surface area contributed by atoms with Crippen molar-refractivity contribution in [2.45, 2.75) is 6.92 Å². The van der Waals surface area contributed by atoms with E-state index in [2.05, 4.69) is 15.4 Å². The molecule has 0 unspecified atom stereocenters. The summed E-state index contributed by atoms with van der Waals surface area (Å²) >= 11 is 7.44. The van der Waals surface area contributed by atoms with Crippen molar-refractivity contribution in [1.82, 2.24) is 9.97 Å². The Kier molecular flexibility index (Phi) is 3.88. The Bertz CT molecular complexity index is 771. The summed E-state index contributed by atoms with van der Waals surface area (Å²) in [4.78, 5) is 10.1. The third kappa shape index (κ3) is 2.76. The molecule has 0 saturated heterocycles. The van der Waals surface area contributed by atoms with E-state index < -0.39 is 0 Å². The van der Waals surface area contributed by atoms with Gasteiger partial charge in [0.05, 0.1) is 14.9 Å². The highest BCUT2D eigenvalue weighted by molar-refractivity contribution is 7.19. The Hall–Kier alpha value is -1.95. The zero-order chi connectivity index (χ0) is 14.8. The maximum Gasteiger partial charge on any atom is 0.172 e. The van der Waals surface area contributed by atoms with E-state index >= 15 is 0 Å². The molecular weight excluding hydrogens is 304 g/mol. The van der Waals surface area contributed by atoms with Crippen molar-refractivity contribution in [3.8, 4) is 22.0 Å². The van der Waals surface area contributed by atoms with Crippen molar-refractivity contribution in [3.63, 3.8) is 0 Å². The van der Waals surface area contributed by atoms with E-state index in [0.29, 0.717) is 16.0 Å². The second-order valence-corrected chi connectivity index (χ2v) is 6.20. The van der Waals surface area contributed by atoms with Gasteiger partial charge in [0.1, 0.15) is 5.82 Å². The quantitative estimate of drug-likeness (QED) is 0.563. The second-order valence-electron chi connectivity index (χ2n) is 4.48. The van der Waals surface area contributed by atoms with Crippen LogP contribution in [0.15, 0.2) is 42.5 Å². The van der Waals surface area contributed by atoms with Gasteiger partial charge in [0, 0.05) is 11.1 Å². The van der Waals surface area contributed by atoms with E-state index in [4.69, 9.17) is 17.4 Å². The van der Waals surface area contributed by atoms with Crippen LogP contribution >= 0.6 is 22.9 Å². The lowest BCUT2D eigenvalue weighted by atomic mass is 10.1. The summed E-state index contributed by atoms with van der Waals surface area (Å²) in [7, 11) is 0. The highest BCUT2D eigenvalue weighted by Gasteiger charge is 2.14. The molecule has 3 rings (SSSR count). The lowest BCUT2D eigenvalue weighted by Crippen LogP contribution is -2.12. The normalized spacial score (nSPS) is 10.6. The molecule has 2 aromatic heterocycles. The molecule has 4 nitrogen and oxygen atoms in total. The minimum Gasteiger partial charge on any atom is -0.308 e. The first-order valence-corrected chi connectivity index (χ1v) is 7.55. The van der Waals surface area contributed by atoms with Crippen molar-refractivity contribution < 1.29 is 0 Å². The minimum absolute atomic E-state index is 0.614. The number of hydrazine groups is 1. The van der Waals surface area contributed by atoms with Gasteiger partial charge in [-0.1, -0.05) is 41.9 Å². The van der Waals surface area contributed by atoms with Crippen LogP contribution in [0.1, 0.15) is 5.56 Å². The first kappa shape index (κ1) is 14.0. The molecule has 6 heteroatoms. The zero-order valence-electron chi connectivity index (χ0n) is 11.3. The predicted octanol–water partition coefficient (Wildman–Crippen LogP) is 4.12. The maximum atomic E-state index is 5.99. The van der Waals surface area contributed by atoms with Gasteiger partial charge in [-0.2, -0.15) is 0 Å². The first-order chi connectivity index (χ1) is 10.2. The summed E-state index contributed by atoms with van der Waals surface area (Å²) < 4.78 is 0.706. The molecule has 21 heavy (non-hydrogen) atoms. The van der Waals surface area contributed by atoms with Crippen LogP contribution in [-0.4, -0.2) is 9.97 Å². The third-order valence-electron chi connectivity index (χ3n) is 3.12. The molecule has 0 atom stereocenters. The molecule has 0 amide bonds. The number of halogens is 1. The van der Waals surface area contributed by atoms with E-state index in [0.717, 1.165) is 21.7 Å². The van der Waals surface area contributed by atoms with Crippen LogP contribution < -0.4 is 11.3 Å². The van der Waals surface area contributed by atoms with Crippen molar-refractivity contribution in [2.24, 2.45) is 5.84 Å². The number of thiophene rings is 1. The molecule has 1 aromatic carbocycles. The molecule has 0 aliphatic carbocycles. The number of nitrogens with one attached hydrogen (secondary N) is 1. The summed E-state index contributed by atoms with van der Waals surface area (Å²) in [5.74, 6) is 6.82. The van der Waals surface area contributed by atoms with Gasteiger partial charge in [0.2, 0.25) is 0 Å². The van der Waals surface area contributed by atoms with Gasteiger partial charge in [-0.05, 0) is 19.1 Å². The van der Waals surface area contributed by atoms with Gasteiger partial charge >= 0.3 is 0 Å². The maximum absolute atomic E-state index is 5.99. The molecule has 3 N–H and O–H groups in total. The standard InChI is InChI=1S/C15H13ClN4S/c1-9-13(10-5-3-2-4-6-10)18-15(19-14(9)20-17)11-7-8-12(16)21-11/h2-8H,17H2,1H3,(H,18,19,20). The fraction of sp³-hybridized carbons (Fsp3) is 0.0667. The van der Waals surface area contributed by atoms with Gasteiger partial charge in [-0.25, -0.2) is 15.8 Å². The topological polar surface area (TPSA) is 63.8 Å². The fourth-order valence-corrected chi connectivity index (χ4v) is 3.06. The number of benzene rings is 1. The number of aromatic nitrogens is 2. The van der Waals surface area contributed by atoms with Crippen molar-refractivity contribution in [1.29, 1.82) is 0 Å². The lowest BCUT2D eigenvalue weighted by Gasteiger charge is -2.11. The summed E-state index contributed by atoms with van der Waals surface area (Å²) in [6, 6.07) is 13.7. The smallest absolute Gasteiger partial charge is 0.172 e. The molecule has 0 spiro atoms. The van der Waals surface area contributed by atoms with Crippen molar-refractivity contribution in [2.75, 3.05) is 5.43 Å². The van der Waals surface area contributed by atoms with E-state index in [-0.39, 0.29) is 0 Å². The van der Waals surface area contributed by atoms with Crippen molar-refractivity contribution >= 4 is 28.8 Å². The molecule has 0 bridgehead atoms. The van der Waals surface area contributed by atoms with Gasteiger partial charge < -0.3 is 5.43 Å². The number of nitrogen functional groups attached to an aromatic ring is 1. The Morgan fingerprint density at radius 1 is 1.10 bits per heavy atom. The van der Waals surface area contributed by atoms with Crippen LogP contribution in [0, 0.1) is 6.92 Å². The predicted molar refractivity (Wildman–Crippen MR) is 88.3 cm³/mol. The Balaban J connectivity index is 2.20. The molecule has 0 aliphatic heterocycles. The van der Waals surface area contributed by atoms with E-state index in [1.54, 1.807) is 0 Å². The third-order valence-corrected chi connectivity index (χ3v) is 4.35. The molecule has 0 radical (unpaired) electrons. The number of nitrogens with zero attached hydrogens (tertiary/aromatic N) is 2. The average molecular weight is 317 g/mol. The lowest BCUT2D eigenvalue weighted by molar-refractivity contribution is 1.12.